The Morgan fingerprint density at radius 2 is 2.43 bits per heavy atom. The molecule has 0 radical (unpaired) electrons. The maximum absolute atomic E-state index is 11.3. The third-order valence-electron chi connectivity index (χ3n) is 1.79. The fraction of sp³-hybridized carbons (Fsp3) is 0.400. The van der Waals surface area contributed by atoms with Gasteiger partial charge in [0.1, 0.15) is 5.82 Å². The number of hydrogen-bond acceptors (Lipinski definition) is 3. The molecule has 76 valence electrons. The Labute approximate surface area is 83.5 Å². The average molecular weight is 193 g/mol. The number of hydrogen-bond donors (Lipinski definition) is 2. The Hall–Kier alpha value is -1.42. The fourth-order valence-corrected chi connectivity index (χ4v) is 1.07. The lowest BCUT2D eigenvalue weighted by atomic mass is 10.3. The molecule has 1 aromatic heterocycles. The number of amides is 1. The zero-order valence-electron chi connectivity index (χ0n) is 8.29. The molecule has 1 aromatic rings. The molecule has 14 heavy (non-hydrogen) atoms. The van der Waals surface area contributed by atoms with E-state index in [0.29, 0.717) is 25.2 Å². The van der Waals surface area contributed by atoms with Crippen molar-refractivity contribution in [2.75, 3.05) is 11.9 Å². The van der Waals surface area contributed by atoms with E-state index in [1.165, 1.54) is 0 Å². The number of nitrogens with zero attached hydrogens (tertiary/aromatic N) is 1. The van der Waals surface area contributed by atoms with Crippen molar-refractivity contribution in [3.05, 3.63) is 23.9 Å². The minimum absolute atomic E-state index is 0.0337. The minimum atomic E-state index is -0.0337. The molecule has 0 bridgehead atoms. The number of anilines is 1. The van der Waals surface area contributed by atoms with Crippen LogP contribution < -0.4 is 11.1 Å². The molecule has 0 aliphatic rings. The minimum Gasteiger partial charge on any atom is -0.330 e. The van der Waals surface area contributed by atoms with E-state index >= 15 is 0 Å². The van der Waals surface area contributed by atoms with Crippen LogP contribution >= 0.6 is 0 Å². The van der Waals surface area contributed by atoms with Gasteiger partial charge in [0.05, 0.1) is 0 Å². The Balaban J connectivity index is 2.47. The predicted molar refractivity (Wildman–Crippen MR) is 55.9 cm³/mol. The number of aromatic nitrogens is 1. The first kappa shape index (κ1) is 10.7. The first-order chi connectivity index (χ1) is 6.72. The van der Waals surface area contributed by atoms with Crippen LogP contribution in [-0.2, 0) is 4.79 Å². The van der Waals surface area contributed by atoms with Crippen molar-refractivity contribution in [2.45, 2.75) is 19.8 Å². The van der Waals surface area contributed by atoms with Crippen LogP contribution in [0.5, 0.6) is 0 Å². The maximum atomic E-state index is 11.3. The lowest BCUT2D eigenvalue weighted by molar-refractivity contribution is -0.116. The van der Waals surface area contributed by atoms with Gasteiger partial charge in [0, 0.05) is 12.6 Å². The summed E-state index contributed by atoms with van der Waals surface area (Å²) in [5.74, 6) is 0.570. The molecule has 0 saturated heterocycles. The summed E-state index contributed by atoms with van der Waals surface area (Å²) in [5, 5.41) is 2.71. The van der Waals surface area contributed by atoms with E-state index in [0.717, 1.165) is 5.56 Å². The van der Waals surface area contributed by atoms with Crippen molar-refractivity contribution in [1.82, 2.24) is 4.98 Å². The summed E-state index contributed by atoms with van der Waals surface area (Å²) in [7, 11) is 0. The van der Waals surface area contributed by atoms with Gasteiger partial charge in [-0.2, -0.15) is 0 Å². The third-order valence-corrected chi connectivity index (χ3v) is 1.79. The molecule has 0 atom stereocenters. The van der Waals surface area contributed by atoms with Crippen molar-refractivity contribution in [3.63, 3.8) is 0 Å². The van der Waals surface area contributed by atoms with Gasteiger partial charge in [0.15, 0.2) is 0 Å². The van der Waals surface area contributed by atoms with Gasteiger partial charge in [-0.1, -0.05) is 0 Å². The van der Waals surface area contributed by atoms with Crippen LogP contribution in [0.3, 0.4) is 0 Å². The van der Waals surface area contributed by atoms with Gasteiger partial charge >= 0.3 is 0 Å². The standard InChI is InChI=1S/C10H15N3O/c1-8-4-6-12-9(7-8)13-10(14)3-2-5-11/h4,6-7H,2-3,5,11H2,1H3,(H,12,13,14). The monoisotopic (exact) mass is 193 g/mol. The van der Waals surface area contributed by atoms with Crippen molar-refractivity contribution in [3.8, 4) is 0 Å². The molecule has 4 heteroatoms. The van der Waals surface area contributed by atoms with E-state index in [1.807, 2.05) is 19.1 Å². The van der Waals surface area contributed by atoms with Crippen LogP contribution in [0.15, 0.2) is 18.3 Å². The second-order valence-electron chi connectivity index (χ2n) is 3.16. The van der Waals surface area contributed by atoms with E-state index in [-0.39, 0.29) is 5.91 Å². The molecular weight excluding hydrogens is 178 g/mol. The number of pyridine rings is 1. The molecule has 0 aliphatic carbocycles. The second-order valence-corrected chi connectivity index (χ2v) is 3.16. The molecule has 4 nitrogen and oxygen atoms in total. The van der Waals surface area contributed by atoms with Crippen LogP contribution in [-0.4, -0.2) is 17.4 Å². The number of carbonyl (C=O) groups is 1. The highest BCUT2D eigenvalue weighted by Gasteiger charge is 2.01. The van der Waals surface area contributed by atoms with E-state index < -0.39 is 0 Å². The highest BCUT2D eigenvalue weighted by molar-refractivity contribution is 5.89. The van der Waals surface area contributed by atoms with Gasteiger partial charge in [-0.05, 0) is 37.6 Å². The van der Waals surface area contributed by atoms with E-state index in [9.17, 15) is 4.79 Å². The van der Waals surface area contributed by atoms with Gasteiger partial charge in [0.2, 0.25) is 5.91 Å². The van der Waals surface area contributed by atoms with Crippen LogP contribution in [0.25, 0.3) is 0 Å². The molecule has 0 spiro atoms. The third kappa shape index (κ3) is 3.53. The largest absolute Gasteiger partial charge is 0.330 e. The Kier molecular flexibility index (Phi) is 4.07. The molecular formula is C10H15N3O. The van der Waals surface area contributed by atoms with Gasteiger partial charge in [0.25, 0.3) is 0 Å². The topological polar surface area (TPSA) is 68.0 Å². The molecule has 3 N–H and O–H groups in total. The van der Waals surface area contributed by atoms with E-state index in [2.05, 4.69) is 10.3 Å². The van der Waals surface area contributed by atoms with Gasteiger partial charge in [-0.3, -0.25) is 4.79 Å². The summed E-state index contributed by atoms with van der Waals surface area (Å²) in [6.45, 7) is 2.49. The first-order valence-corrected chi connectivity index (χ1v) is 4.65. The molecule has 0 aliphatic heterocycles. The van der Waals surface area contributed by atoms with Crippen molar-refractivity contribution < 1.29 is 4.79 Å². The number of nitrogens with two attached hydrogens (primary N) is 1. The van der Waals surface area contributed by atoms with E-state index in [4.69, 9.17) is 5.73 Å². The highest BCUT2D eigenvalue weighted by Crippen LogP contribution is 2.05. The normalized spacial score (nSPS) is 9.86. The van der Waals surface area contributed by atoms with Gasteiger partial charge < -0.3 is 11.1 Å². The van der Waals surface area contributed by atoms with E-state index in [1.54, 1.807) is 6.20 Å². The summed E-state index contributed by atoms with van der Waals surface area (Å²) in [5.41, 5.74) is 6.38. The Morgan fingerprint density at radius 1 is 1.64 bits per heavy atom. The first-order valence-electron chi connectivity index (χ1n) is 4.65. The smallest absolute Gasteiger partial charge is 0.225 e. The van der Waals surface area contributed by atoms with Crippen LogP contribution in [0.1, 0.15) is 18.4 Å². The number of aryl methyl sites for hydroxylation is 1. The van der Waals surface area contributed by atoms with Crippen LogP contribution in [0, 0.1) is 6.92 Å². The molecule has 1 amide bonds. The zero-order chi connectivity index (χ0) is 10.4. The number of carbonyl (C=O) groups excluding carboxylic acids is 1. The van der Waals surface area contributed by atoms with Crippen molar-refractivity contribution in [2.24, 2.45) is 5.73 Å². The second kappa shape index (κ2) is 5.34. The highest BCUT2D eigenvalue weighted by atomic mass is 16.1. The molecule has 0 fully saturated rings. The summed E-state index contributed by atoms with van der Waals surface area (Å²) < 4.78 is 0. The van der Waals surface area contributed by atoms with Crippen molar-refractivity contribution >= 4 is 11.7 Å². The van der Waals surface area contributed by atoms with Gasteiger partial charge in [-0.15, -0.1) is 0 Å². The van der Waals surface area contributed by atoms with Crippen LogP contribution in [0.2, 0.25) is 0 Å². The van der Waals surface area contributed by atoms with Crippen LogP contribution in [0.4, 0.5) is 5.82 Å². The molecule has 0 saturated carbocycles. The molecule has 1 rings (SSSR count). The zero-order valence-corrected chi connectivity index (χ0v) is 8.29. The van der Waals surface area contributed by atoms with Crippen molar-refractivity contribution in [1.29, 1.82) is 0 Å². The number of rotatable bonds is 4. The molecule has 0 unspecified atom stereocenters. The average Bonchev–Trinajstić information content (AvgIpc) is 2.15. The molecule has 1 heterocycles. The maximum Gasteiger partial charge on any atom is 0.225 e. The lowest BCUT2D eigenvalue weighted by Gasteiger charge is -2.03. The SMILES string of the molecule is Cc1ccnc(NC(=O)CCCN)c1. The quantitative estimate of drug-likeness (QED) is 0.751. The lowest BCUT2D eigenvalue weighted by Crippen LogP contribution is -2.14. The predicted octanol–water partition coefficient (Wildman–Crippen LogP) is 1.07. The fourth-order valence-electron chi connectivity index (χ4n) is 1.07. The number of nitrogens with one attached hydrogen (secondary N) is 1. The van der Waals surface area contributed by atoms with Gasteiger partial charge in [-0.25, -0.2) is 4.98 Å². The summed E-state index contributed by atoms with van der Waals surface area (Å²) in [6.07, 6.45) is 2.83. The Bertz CT molecular complexity index is 312. The molecule has 0 aromatic carbocycles. The summed E-state index contributed by atoms with van der Waals surface area (Å²) >= 11 is 0. The summed E-state index contributed by atoms with van der Waals surface area (Å²) in [4.78, 5) is 15.3. The summed E-state index contributed by atoms with van der Waals surface area (Å²) in [6, 6.07) is 3.72. The Morgan fingerprint density at radius 3 is 3.07 bits per heavy atom.